The van der Waals surface area contributed by atoms with Gasteiger partial charge in [0.05, 0.1) is 17.9 Å². The van der Waals surface area contributed by atoms with Crippen LogP contribution >= 0.6 is 0 Å². The van der Waals surface area contributed by atoms with Gasteiger partial charge in [0.25, 0.3) is 5.91 Å². The van der Waals surface area contributed by atoms with E-state index >= 15 is 0 Å². The molecule has 130 valence electrons. The average Bonchev–Trinajstić information content (AvgIpc) is 3.23. The molecule has 1 amide bonds. The molecule has 0 spiro atoms. The third-order valence-electron chi connectivity index (χ3n) is 3.94. The molecule has 1 atom stereocenters. The monoisotopic (exact) mass is 338 g/mol. The minimum absolute atomic E-state index is 0.168. The Bertz CT molecular complexity index is 860. The average molecular weight is 338 g/mol. The van der Waals surface area contributed by atoms with Gasteiger partial charge in [0, 0.05) is 37.4 Å². The summed E-state index contributed by atoms with van der Waals surface area (Å²) < 4.78 is 3.43. The largest absolute Gasteiger partial charge is 0.343 e. The van der Waals surface area contributed by atoms with Crippen LogP contribution in [0.25, 0.3) is 5.69 Å². The Balaban J connectivity index is 1.86. The second-order valence-electron chi connectivity index (χ2n) is 7.07. The second-order valence-corrected chi connectivity index (χ2v) is 7.07. The fourth-order valence-electron chi connectivity index (χ4n) is 2.70. The predicted molar refractivity (Wildman–Crippen MR) is 94.2 cm³/mol. The smallest absolute Gasteiger partial charge is 0.270 e. The maximum atomic E-state index is 12.8. The van der Waals surface area contributed by atoms with E-state index in [1.165, 1.54) is 0 Å². The molecule has 0 aliphatic carbocycles. The molecule has 1 N–H and O–H groups in total. The molecule has 7 nitrogen and oxygen atoms in total. The molecule has 3 aromatic heterocycles. The van der Waals surface area contributed by atoms with Crippen molar-refractivity contribution in [2.45, 2.75) is 26.8 Å². The Morgan fingerprint density at radius 1 is 1.24 bits per heavy atom. The number of nitrogens with zero attached hydrogens (tertiary/aromatic N) is 5. The van der Waals surface area contributed by atoms with Crippen molar-refractivity contribution in [3.63, 3.8) is 0 Å². The summed E-state index contributed by atoms with van der Waals surface area (Å²) in [6.07, 6.45) is 8.83. The minimum atomic E-state index is -0.224. The second kappa shape index (κ2) is 6.51. The molecule has 0 unspecified atom stereocenters. The summed E-state index contributed by atoms with van der Waals surface area (Å²) in [6.45, 7) is 6.25. The summed E-state index contributed by atoms with van der Waals surface area (Å²) in [5, 5.41) is 11.5. The van der Waals surface area contributed by atoms with Crippen LogP contribution in [0.5, 0.6) is 0 Å². The first-order valence-electron chi connectivity index (χ1n) is 8.10. The zero-order chi connectivity index (χ0) is 18.0. The van der Waals surface area contributed by atoms with Gasteiger partial charge in [-0.05, 0) is 23.6 Å². The molecule has 0 fully saturated rings. The van der Waals surface area contributed by atoms with Crippen molar-refractivity contribution in [3.8, 4) is 5.69 Å². The number of aryl methyl sites for hydroxylation is 1. The standard InChI is InChI=1S/C18H22N6O/c1-18(2,3)16(13-11-21-23(4)12-13)22-17(25)15-10-14(6-8-19-15)24-9-5-7-20-24/h5-12,16H,1-4H3,(H,22,25)/t16-/m1/s1. The van der Waals surface area contributed by atoms with Crippen LogP contribution in [-0.2, 0) is 7.05 Å². The van der Waals surface area contributed by atoms with E-state index in [4.69, 9.17) is 0 Å². The van der Waals surface area contributed by atoms with Crippen LogP contribution < -0.4 is 5.32 Å². The first kappa shape index (κ1) is 16.9. The normalized spacial score (nSPS) is 12.8. The highest BCUT2D eigenvalue weighted by Gasteiger charge is 2.29. The number of carbonyl (C=O) groups excluding carboxylic acids is 1. The summed E-state index contributed by atoms with van der Waals surface area (Å²) in [5.41, 5.74) is 1.94. The van der Waals surface area contributed by atoms with Gasteiger partial charge in [0.15, 0.2) is 0 Å². The first-order valence-corrected chi connectivity index (χ1v) is 8.10. The van der Waals surface area contributed by atoms with Crippen molar-refractivity contribution in [1.29, 1.82) is 0 Å². The Morgan fingerprint density at radius 3 is 2.64 bits per heavy atom. The molecule has 25 heavy (non-hydrogen) atoms. The number of hydrogen-bond acceptors (Lipinski definition) is 4. The van der Waals surface area contributed by atoms with Gasteiger partial charge in [0.2, 0.25) is 0 Å². The van der Waals surface area contributed by atoms with Gasteiger partial charge in [0.1, 0.15) is 5.69 Å². The number of rotatable bonds is 4. The molecule has 0 aliphatic rings. The number of carbonyl (C=O) groups is 1. The number of amides is 1. The van der Waals surface area contributed by atoms with Crippen LogP contribution in [0.1, 0.15) is 42.9 Å². The third-order valence-corrected chi connectivity index (χ3v) is 3.94. The Hall–Kier alpha value is -2.96. The predicted octanol–water partition coefficient (Wildman–Crippen LogP) is 2.52. The molecular weight excluding hydrogens is 316 g/mol. The highest BCUT2D eigenvalue weighted by Crippen LogP contribution is 2.32. The molecule has 0 saturated heterocycles. The highest BCUT2D eigenvalue weighted by molar-refractivity contribution is 5.93. The lowest BCUT2D eigenvalue weighted by atomic mass is 9.83. The summed E-state index contributed by atoms with van der Waals surface area (Å²) in [7, 11) is 1.86. The minimum Gasteiger partial charge on any atom is -0.343 e. The maximum Gasteiger partial charge on any atom is 0.270 e. The van der Waals surface area contributed by atoms with E-state index in [0.717, 1.165) is 11.3 Å². The van der Waals surface area contributed by atoms with Gasteiger partial charge in [-0.1, -0.05) is 20.8 Å². The van der Waals surface area contributed by atoms with Gasteiger partial charge in [-0.3, -0.25) is 14.5 Å². The quantitative estimate of drug-likeness (QED) is 0.793. The van der Waals surface area contributed by atoms with Crippen LogP contribution in [0.4, 0.5) is 0 Å². The maximum absolute atomic E-state index is 12.8. The fourth-order valence-corrected chi connectivity index (χ4v) is 2.70. The van der Waals surface area contributed by atoms with Gasteiger partial charge in [-0.2, -0.15) is 10.2 Å². The number of nitrogens with one attached hydrogen (secondary N) is 1. The fraction of sp³-hybridized carbons (Fsp3) is 0.333. The zero-order valence-corrected chi connectivity index (χ0v) is 14.8. The SMILES string of the molecule is Cn1cc([C@@H](NC(=O)c2cc(-n3cccn3)ccn2)C(C)(C)C)cn1. The molecule has 3 aromatic rings. The van der Waals surface area contributed by atoms with E-state index in [0.29, 0.717) is 5.69 Å². The molecule has 0 aliphatic heterocycles. The highest BCUT2D eigenvalue weighted by atomic mass is 16.1. The van der Waals surface area contributed by atoms with Crippen molar-refractivity contribution in [2.75, 3.05) is 0 Å². The zero-order valence-electron chi connectivity index (χ0n) is 14.8. The Labute approximate surface area is 146 Å². The van der Waals surface area contributed by atoms with E-state index in [1.807, 2.05) is 31.6 Å². The number of hydrogen-bond donors (Lipinski definition) is 1. The summed E-state index contributed by atoms with van der Waals surface area (Å²) in [4.78, 5) is 17.0. The van der Waals surface area contributed by atoms with Crippen molar-refractivity contribution in [2.24, 2.45) is 12.5 Å². The molecule has 7 heteroatoms. The summed E-state index contributed by atoms with van der Waals surface area (Å²) in [6, 6.07) is 5.19. The number of pyridine rings is 1. The molecule has 3 rings (SSSR count). The summed E-state index contributed by atoms with van der Waals surface area (Å²) >= 11 is 0. The van der Waals surface area contributed by atoms with Crippen molar-refractivity contribution < 1.29 is 4.79 Å². The van der Waals surface area contributed by atoms with E-state index < -0.39 is 0 Å². The van der Waals surface area contributed by atoms with Gasteiger partial charge in [-0.15, -0.1) is 0 Å². The van der Waals surface area contributed by atoms with Crippen LogP contribution in [0, 0.1) is 5.41 Å². The van der Waals surface area contributed by atoms with Crippen molar-refractivity contribution in [1.82, 2.24) is 29.9 Å². The Morgan fingerprint density at radius 2 is 2.04 bits per heavy atom. The van der Waals surface area contributed by atoms with Crippen LogP contribution in [-0.4, -0.2) is 30.5 Å². The van der Waals surface area contributed by atoms with Crippen LogP contribution in [0.3, 0.4) is 0 Å². The first-order chi connectivity index (χ1) is 11.8. The van der Waals surface area contributed by atoms with Crippen molar-refractivity contribution >= 4 is 5.91 Å². The van der Waals surface area contributed by atoms with E-state index in [2.05, 4.69) is 41.3 Å². The number of aromatic nitrogens is 5. The van der Waals surface area contributed by atoms with E-state index in [1.54, 1.807) is 34.0 Å². The van der Waals surface area contributed by atoms with E-state index in [9.17, 15) is 4.79 Å². The molecule has 0 radical (unpaired) electrons. The molecule has 0 saturated carbocycles. The summed E-state index contributed by atoms with van der Waals surface area (Å²) in [5.74, 6) is -0.224. The van der Waals surface area contributed by atoms with Gasteiger partial charge < -0.3 is 5.32 Å². The molecule has 0 bridgehead atoms. The van der Waals surface area contributed by atoms with Gasteiger partial charge >= 0.3 is 0 Å². The van der Waals surface area contributed by atoms with Crippen LogP contribution in [0.2, 0.25) is 0 Å². The lowest BCUT2D eigenvalue weighted by molar-refractivity contribution is 0.0896. The molecule has 3 heterocycles. The lowest BCUT2D eigenvalue weighted by Gasteiger charge is -2.30. The molecule has 0 aromatic carbocycles. The lowest BCUT2D eigenvalue weighted by Crippen LogP contribution is -2.36. The third kappa shape index (κ3) is 3.76. The van der Waals surface area contributed by atoms with Gasteiger partial charge in [-0.25, -0.2) is 4.68 Å². The topological polar surface area (TPSA) is 77.6 Å². The Kier molecular flexibility index (Phi) is 4.39. The van der Waals surface area contributed by atoms with E-state index in [-0.39, 0.29) is 17.4 Å². The molecular formula is C18H22N6O. The van der Waals surface area contributed by atoms with Crippen LogP contribution in [0.15, 0.2) is 49.2 Å². The van der Waals surface area contributed by atoms with Crippen molar-refractivity contribution in [3.05, 3.63) is 60.4 Å².